The first-order chi connectivity index (χ1) is 10.4. The molecule has 2 aromatic rings. The molecule has 1 aliphatic carbocycles. The average molecular weight is 339 g/mol. The number of benzene rings is 1. The number of hydrogen-bond donors (Lipinski definition) is 1. The number of halogens is 2. The van der Waals surface area contributed by atoms with Gasteiger partial charge in [-0.25, -0.2) is 9.67 Å². The number of carbonyl (C=O) groups is 1. The second-order valence-corrected chi connectivity index (χ2v) is 7.24. The highest BCUT2D eigenvalue weighted by Crippen LogP contribution is 2.63. The van der Waals surface area contributed by atoms with Gasteiger partial charge in [0, 0.05) is 6.54 Å². The smallest absolute Gasteiger partial charge is 0.229 e. The van der Waals surface area contributed by atoms with E-state index in [1.165, 1.54) is 6.33 Å². The molecule has 0 radical (unpaired) electrons. The summed E-state index contributed by atoms with van der Waals surface area (Å²) < 4.78 is 0.794. The van der Waals surface area contributed by atoms with Gasteiger partial charge >= 0.3 is 0 Å². The van der Waals surface area contributed by atoms with Crippen LogP contribution in [0.1, 0.15) is 24.5 Å². The lowest BCUT2D eigenvalue weighted by molar-refractivity contribution is -0.125. The van der Waals surface area contributed by atoms with Crippen molar-refractivity contribution in [2.45, 2.75) is 30.8 Å². The Kier molecular flexibility index (Phi) is 3.87. The number of alkyl halides is 2. The number of carbonyl (C=O) groups excluding carboxylic acids is 1. The molecule has 0 saturated heterocycles. The summed E-state index contributed by atoms with van der Waals surface area (Å²) in [5.41, 5.74) is 1.42. The summed E-state index contributed by atoms with van der Waals surface area (Å²) in [4.78, 5) is 16.2. The number of amides is 1. The quantitative estimate of drug-likeness (QED) is 0.852. The van der Waals surface area contributed by atoms with Crippen molar-refractivity contribution in [3.8, 4) is 0 Å². The highest BCUT2D eigenvalue weighted by Gasteiger charge is 2.67. The topological polar surface area (TPSA) is 59.8 Å². The van der Waals surface area contributed by atoms with Crippen LogP contribution in [-0.2, 0) is 17.9 Å². The van der Waals surface area contributed by atoms with Crippen LogP contribution in [0, 0.1) is 5.41 Å². The zero-order chi connectivity index (χ0) is 15.8. The number of nitrogens with zero attached hydrogens (tertiary/aromatic N) is 3. The van der Waals surface area contributed by atoms with Crippen molar-refractivity contribution in [3.63, 3.8) is 0 Å². The predicted octanol–water partition coefficient (Wildman–Crippen LogP) is 2.53. The minimum absolute atomic E-state index is 0.118. The Balaban J connectivity index is 1.67. The Bertz CT molecular complexity index is 687. The highest BCUT2D eigenvalue weighted by atomic mass is 35.5. The number of rotatable bonds is 5. The predicted molar refractivity (Wildman–Crippen MR) is 84.6 cm³/mol. The third-order valence-corrected chi connectivity index (χ3v) is 5.22. The van der Waals surface area contributed by atoms with E-state index >= 15 is 0 Å². The maximum absolute atomic E-state index is 12.2. The lowest BCUT2D eigenvalue weighted by Crippen LogP contribution is -2.33. The Labute approximate surface area is 138 Å². The summed E-state index contributed by atoms with van der Waals surface area (Å²) in [6.45, 7) is 2.82. The van der Waals surface area contributed by atoms with Gasteiger partial charge in [0.05, 0.1) is 12.0 Å². The summed E-state index contributed by atoms with van der Waals surface area (Å²) in [6, 6.07) is 7.90. The van der Waals surface area contributed by atoms with E-state index in [0.29, 0.717) is 19.5 Å². The Morgan fingerprint density at radius 2 is 2.05 bits per heavy atom. The van der Waals surface area contributed by atoms with Crippen LogP contribution in [-0.4, -0.2) is 25.0 Å². The third-order valence-electron chi connectivity index (χ3n) is 4.12. The molecule has 1 saturated carbocycles. The lowest BCUT2D eigenvalue weighted by Gasteiger charge is -2.14. The molecule has 22 heavy (non-hydrogen) atoms. The molecule has 0 aliphatic heterocycles. The molecule has 0 spiro atoms. The lowest BCUT2D eigenvalue weighted by atomic mass is 10.1. The second kappa shape index (κ2) is 5.56. The fraction of sp³-hybridized carbons (Fsp3) is 0.400. The normalized spacial score (nSPS) is 22.3. The first kappa shape index (κ1) is 15.3. The van der Waals surface area contributed by atoms with Gasteiger partial charge in [0.25, 0.3) is 0 Å². The molecule has 116 valence electrons. The largest absolute Gasteiger partial charge is 0.351 e. The zero-order valence-corrected chi connectivity index (χ0v) is 13.6. The van der Waals surface area contributed by atoms with Gasteiger partial charge in [-0.2, -0.15) is 5.10 Å². The molecular formula is C15H16Cl2N4O. The van der Waals surface area contributed by atoms with Crippen LogP contribution in [0.15, 0.2) is 36.9 Å². The van der Waals surface area contributed by atoms with Crippen LogP contribution in [0.2, 0.25) is 0 Å². The molecule has 1 fully saturated rings. The number of hydrogen-bond acceptors (Lipinski definition) is 3. The van der Waals surface area contributed by atoms with Crippen molar-refractivity contribution in [3.05, 3.63) is 48.0 Å². The molecule has 7 heteroatoms. The van der Waals surface area contributed by atoms with Crippen LogP contribution >= 0.6 is 23.2 Å². The molecule has 1 aromatic heterocycles. The van der Waals surface area contributed by atoms with Crippen LogP contribution in [0.4, 0.5) is 0 Å². The van der Waals surface area contributed by atoms with Crippen LogP contribution < -0.4 is 5.32 Å². The van der Waals surface area contributed by atoms with E-state index in [0.717, 1.165) is 11.1 Å². The summed E-state index contributed by atoms with van der Waals surface area (Å²) in [5, 5.41) is 7.02. The maximum atomic E-state index is 12.2. The van der Waals surface area contributed by atoms with Crippen LogP contribution in [0.5, 0.6) is 0 Å². The van der Waals surface area contributed by atoms with Gasteiger partial charge in [0.1, 0.15) is 17.0 Å². The van der Waals surface area contributed by atoms with E-state index in [-0.39, 0.29) is 5.91 Å². The van der Waals surface area contributed by atoms with E-state index in [2.05, 4.69) is 15.4 Å². The molecule has 1 N–H and O–H groups in total. The van der Waals surface area contributed by atoms with Crippen molar-refractivity contribution in [2.75, 3.05) is 0 Å². The van der Waals surface area contributed by atoms with E-state index in [9.17, 15) is 4.79 Å². The molecule has 1 aliphatic rings. The molecule has 5 nitrogen and oxygen atoms in total. The third kappa shape index (κ3) is 2.83. The molecule has 1 amide bonds. The van der Waals surface area contributed by atoms with Gasteiger partial charge in [-0.3, -0.25) is 4.79 Å². The molecule has 0 unspecified atom stereocenters. The van der Waals surface area contributed by atoms with Crippen molar-refractivity contribution < 1.29 is 4.79 Å². The molecular weight excluding hydrogens is 323 g/mol. The molecule has 1 atom stereocenters. The Hall–Kier alpha value is -1.59. The molecule has 1 aromatic carbocycles. The van der Waals surface area contributed by atoms with Crippen LogP contribution in [0.25, 0.3) is 0 Å². The summed E-state index contributed by atoms with van der Waals surface area (Å²) in [7, 11) is 0. The molecule has 3 rings (SSSR count). The van der Waals surface area contributed by atoms with Crippen LogP contribution in [0.3, 0.4) is 0 Å². The zero-order valence-electron chi connectivity index (χ0n) is 12.1. The van der Waals surface area contributed by atoms with Gasteiger partial charge in [-0.15, -0.1) is 23.2 Å². The molecule has 0 bridgehead atoms. The first-order valence-electron chi connectivity index (χ1n) is 6.98. The van der Waals surface area contributed by atoms with Gasteiger partial charge in [-0.05, 0) is 24.5 Å². The van der Waals surface area contributed by atoms with Gasteiger partial charge in [0.2, 0.25) is 5.91 Å². The number of aromatic nitrogens is 3. The fourth-order valence-corrected chi connectivity index (χ4v) is 3.10. The van der Waals surface area contributed by atoms with E-state index < -0.39 is 9.75 Å². The Morgan fingerprint density at radius 1 is 1.36 bits per heavy atom. The highest BCUT2D eigenvalue weighted by molar-refractivity contribution is 6.53. The SMILES string of the molecule is C[C@]1(C(=O)NCc2ccccc2Cn2cncn2)CC1(Cl)Cl. The standard InChI is InChI=1S/C15H16Cl2N4O/c1-14(8-15(14,16)17)13(22)19-6-11-4-2-3-5-12(11)7-21-10-18-9-20-21/h2-5,9-10H,6-8H2,1H3,(H,19,22)/t14-/m1/s1. The van der Waals surface area contributed by atoms with Crippen molar-refractivity contribution in [2.24, 2.45) is 5.41 Å². The summed E-state index contributed by atoms with van der Waals surface area (Å²) in [6.07, 6.45) is 3.64. The fourth-order valence-electron chi connectivity index (χ4n) is 2.39. The summed E-state index contributed by atoms with van der Waals surface area (Å²) >= 11 is 12.1. The van der Waals surface area contributed by atoms with Gasteiger partial charge in [0.15, 0.2) is 0 Å². The minimum atomic E-state index is -0.947. The molecule has 1 heterocycles. The first-order valence-corrected chi connectivity index (χ1v) is 7.73. The second-order valence-electron chi connectivity index (χ2n) is 5.76. The van der Waals surface area contributed by atoms with E-state index in [4.69, 9.17) is 23.2 Å². The minimum Gasteiger partial charge on any atom is -0.351 e. The van der Waals surface area contributed by atoms with Crippen molar-refractivity contribution >= 4 is 29.1 Å². The maximum Gasteiger partial charge on any atom is 0.229 e. The van der Waals surface area contributed by atoms with Crippen molar-refractivity contribution in [1.29, 1.82) is 0 Å². The summed E-state index contributed by atoms with van der Waals surface area (Å²) in [5.74, 6) is -0.118. The van der Waals surface area contributed by atoms with Gasteiger partial charge < -0.3 is 5.32 Å². The van der Waals surface area contributed by atoms with E-state index in [1.54, 1.807) is 17.9 Å². The van der Waals surface area contributed by atoms with Gasteiger partial charge in [-0.1, -0.05) is 24.3 Å². The van der Waals surface area contributed by atoms with Crippen molar-refractivity contribution in [1.82, 2.24) is 20.1 Å². The monoisotopic (exact) mass is 338 g/mol. The number of nitrogens with one attached hydrogen (secondary N) is 1. The average Bonchev–Trinajstić information content (AvgIpc) is 2.83. The van der Waals surface area contributed by atoms with E-state index in [1.807, 2.05) is 24.3 Å². The Morgan fingerprint density at radius 3 is 2.64 bits per heavy atom.